The molecule has 2 saturated carbocycles. The zero-order valence-electron chi connectivity index (χ0n) is 12.5. The van der Waals surface area contributed by atoms with Gasteiger partial charge in [0.15, 0.2) is 0 Å². The first-order chi connectivity index (χ1) is 10.1. The molecule has 6 heteroatoms. The normalized spacial score (nSPS) is 36.5. The van der Waals surface area contributed by atoms with Crippen LogP contribution >= 0.6 is 11.8 Å². The molecule has 3 rings (SSSR count). The Bertz CT molecular complexity index is 427. The summed E-state index contributed by atoms with van der Waals surface area (Å²) in [7, 11) is 0. The van der Waals surface area contributed by atoms with Crippen molar-refractivity contribution in [3.63, 3.8) is 0 Å². The number of nitrogens with zero attached hydrogens (tertiary/aromatic N) is 1. The predicted octanol–water partition coefficient (Wildman–Crippen LogP) is 2.51. The molecule has 0 spiro atoms. The number of hydrogen-bond acceptors (Lipinski definition) is 3. The second-order valence-electron chi connectivity index (χ2n) is 6.64. The number of thioether (sulfide) groups is 1. The molecule has 2 N–H and O–H groups in total. The monoisotopic (exact) mass is 312 g/mol. The van der Waals surface area contributed by atoms with Gasteiger partial charge in [-0.15, -0.1) is 11.8 Å². The molecule has 2 amide bonds. The Labute approximate surface area is 129 Å². The van der Waals surface area contributed by atoms with E-state index in [1.165, 1.54) is 6.42 Å². The highest BCUT2D eigenvalue weighted by Gasteiger charge is 2.48. The van der Waals surface area contributed by atoms with Gasteiger partial charge in [-0.2, -0.15) is 0 Å². The van der Waals surface area contributed by atoms with Crippen LogP contribution in [-0.2, 0) is 4.79 Å². The summed E-state index contributed by atoms with van der Waals surface area (Å²) in [6.45, 7) is 2.18. The van der Waals surface area contributed by atoms with E-state index in [0.29, 0.717) is 17.6 Å². The number of urea groups is 1. The van der Waals surface area contributed by atoms with Crippen LogP contribution in [-0.4, -0.2) is 45.2 Å². The number of rotatable bonds is 3. The fourth-order valence-corrected chi connectivity index (χ4v) is 5.11. The molecule has 1 heterocycles. The maximum atomic E-state index is 12.7. The van der Waals surface area contributed by atoms with Crippen LogP contribution in [0.3, 0.4) is 0 Å². The second-order valence-corrected chi connectivity index (χ2v) is 7.79. The minimum atomic E-state index is -0.877. The van der Waals surface area contributed by atoms with E-state index in [-0.39, 0.29) is 17.4 Å². The molecular weight excluding hydrogens is 288 g/mol. The topological polar surface area (TPSA) is 69.6 Å². The average molecular weight is 312 g/mol. The van der Waals surface area contributed by atoms with E-state index in [4.69, 9.17) is 0 Å². The maximum Gasteiger partial charge on any atom is 0.327 e. The van der Waals surface area contributed by atoms with Crippen LogP contribution in [0.15, 0.2) is 0 Å². The summed E-state index contributed by atoms with van der Waals surface area (Å²) in [5.74, 6) is 0.622. The molecular formula is C15H24N2O3S. The molecule has 4 unspecified atom stereocenters. The first-order valence-electron chi connectivity index (χ1n) is 8.01. The lowest BCUT2D eigenvalue weighted by Gasteiger charge is -2.34. The van der Waals surface area contributed by atoms with E-state index in [9.17, 15) is 14.7 Å². The molecule has 0 aromatic carbocycles. The number of nitrogens with one attached hydrogen (secondary N) is 1. The second kappa shape index (κ2) is 6.07. The van der Waals surface area contributed by atoms with Gasteiger partial charge in [-0.05, 0) is 37.5 Å². The summed E-state index contributed by atoms with van der Waals surface area (Å²) in [6, 6.07) is -0.631. The van der Waals surface area contributed by atoms with Gasteiger partial charge in [0.2, 0.25) is 0 Å². The number of carboxylic acids is 1. The minimum Gasteiger partial charge on any atom is -0.480 e. The van der Waals surface area contributed by atoms with Crippen molar-refractivity contribution in [2.75, 3.05) is 5.75 Å². The number of carboxylic acid groups (broad SMARTS) is 1. The largest absolute Gasteiger partial charge is 0.480 e. The molecule has 1 saturated heterocycles. The highest BCUT2D eigenvalue weighted by molar-refractivity contribution is 8.00. The Balaban J connectivity index is 1.68. The van der Waals surface area contributed by atoms with Gasteiger partial charge >= 0.3 is 12.0 Å². The summed E-state index contributed by atoms with van der Waals surface area (Å²) >= 11 is 1.63. The van der Waals surface area contributed by atoms with Crippen LogP contribution < -0.4 is 5.32 Å². The summed E-state index contributed by atoms with van der Waals surface area (Å²) in [4.78, 5) is 25.7. The van der Waals surface area contributed by atoms with Crippen molar-refractivity contribution < 1.29 is 14.7 Å². The number of carbonyl (C=O) groups excluding carboxylic acids is 1. The van der Waals surface area contributed by atoms with Gasteiger partial charge in [0.25, 0.3) is 0 Å². The molecule has 1 aliphatic heterocycles. The number of carbonyl (C=O) groups is 2. The molecule has 0 radical (unpaired) electrons. The Morgan fingerprint density at radius 1 is 1.19 bits per heavy atom. The lowest BCUT2D eigenvalue weighted by Crippen LogP contribution is -2.54. The van der Waals surface area contributed by atoms with Crippen molar-refractivity contribution in [1.29, 1.82) is 0 Å². The molecule has 0 bridgehead atoms. The van der Waals surface area contributed by atoms with Gasteiger partial charge in [0.1, 0.15) is 6.04 Å². The van der Waals surface area contributed by atoms with Gasteiger partial charge in [0.05, 0.1) is 5.37 Å². The lowest BCUT2D eigenvalue weighted by molar-refractivity contribution is -0.141. The molecule has 2 aliphatic carbocycles. The molecule has 0 aromatic rings. The van der Waals surface area contributed by atoms with Crippen molar-refractivity contribution in [3.8, 4) is 0 Å². The Hall–Kier alpha value is -0.910. The molecule has 0 aromatic heterocycles. The van der Waals surface area contributed by atoms with E-state index in [1.54, 1.807) is 16.7 Å². The third kappa shape index (κ3) is 3.15. The Morgan fingerprint density at radius 3 is 2.52 bits per heavy atom. The van der Waals surface area contributed by atoms with E-state index in [1.807, 2.05) is 0 Å². The van der Waals surface area contributed by atoms with E-state index >= 15 is 0 Å². The Kier molecular flexibility index (Phi) is 4.33. The van der Waals surface area contributed by atoms with E-state index in [2.05, 4.69) is 12.2 Å². The maximum absolute atomic E-state index is 12.7. The van der Waals surface area contributed by atoms with E-state index in [0.717, 1.165) is 32.1 Å². The highest BCUT2D eigenvalue weighted by atomic mass is 32.2. The van der Waals surface area contributed by atoms with Crippen LogP contribution in [0.25, 0.3) is 0 Å². The fraction of sp³-hybridized carbons (Fsp3) is 0.867. The zero-order valence-corrected chi connectivity index (χ0v) is 13.3. The number of amides is 2. The first-order valence-corrected chi connectivity index (χ1v) is 9.06. The third-order valence-corrected chi connectivity index (χ3v) is 6.46. The van der Waals surface area contributed by atoms with Crippen LogP contribution in [0.4, 0.5) is 4.79 Å². The van der Waals surface area contributed by atoms with Crippen LogP contribution in [0, 0.1) is 11.8 Å². The van der Waals surface area contributed by atoms with Crippen LogP contribution in [0.2, 0.25) is 0 Å². The highest BCUT2D eigenvalue weighted by Crippen LogP contribution is 2.45. The molecule has 5 nitrogen and oxygen atoms in total. The zero-order chi connectivity index (χ0) is 15.0. The molecule has 118 valence electrons. The summed E-state index contributed by atoms with van der Waals surface area (Å²) in [5, 5.41) is 12.6. The van der Waals surface area contributed by atoms with Crippen LogP contribution in [0.5, 0.6) is 0 Å². The van der Waals surface area contributed by atoms with Crippen LogP contribution in [0.1, 0.15) is 45.4 Å². The molecule has 3 fully saturated rings. The third-order valence-electron chi connectivity index (χ3n) is 5.00. The molecule has 4 atom stereocenters. The lowest BCUT2D eigenvalue weighted by atomic mass is 9.86. The SMILES string of the molecule is CC1CCCCC1NC(=O)N1C(C(=O)O)CSC1C1CC1. The Morgan fingerprint density at radius 2 is 1.90 bits per heavy atom. The molecule has 21 heavy (non-hydrogen) atoms. The van der Waals surface area contributed by atoms with Crippen molar-refractivity contribution >= 4 is 23.8 Å². The number of aliphatic carboxylic acids is 1. The van der Waals surface area contributed by atoms with Gasteiger partial charge in [-0.3, -0.25) is 4.90 Å². The standard InChI is InChI=1S/C15H24N2O3S/c1-9-4-2-3-5-11(9)16-15(20)17-12(14(18)19)8-21-13(17)10-6-7-10/h9-13H,2-8H2,1H3,(H,16,20)(H,18,19). The van der Waals surface area contributed by atoms with Gasteiger partial charge in [0, 0.05) is 11.8 Å². The predicted molar refractivity (Wildman–Crippen MR) is 82.2 cm³/mol. The quantitative estimate of drug-likeness (QED) is 0.840. The number of hydrogen-bond donors (Lipinski definition) is 2. The fourth-order valence-electron chi connectivity index (χ4n) is 3.48. The van der Waals surface area contributed by atoms with Gasteiger partial charge < -0.3 is 10.4 Å². The summed E-state index contributed by atoms with van der Waals surface area (Å²) in [6.07, 6.45) is 6.78. The summed E-state index contributed by atoms with van der Waals surface area (Å²) in [5.41, 5.74) is 0. The minimum absolute atomic E-state index is 0.0602. The average Bonchev–Trinajstić information content (AvgIpc) is 3.19. The van der Waals surface area contributed by atoms with Crippen molar-refractivity contribution in [2.24, 2.45) is 11.8 Å². The van der Waals surface area contributed by atoms with E-state index < -0.39 is 12.0 Å². The van der Waals surface area contributed by atoms with Crippen molar-refractivity contribution in [2.45, 2.75) is 62.9 Å². The van der Waals surface area contributed by atoms with Gasteiger partial charge in [-0.25, -0.2) is 9.59 Å². The van der Waals surface area contributed by atoms with Crippen molar-refractivity contribution in [3.05, 3.63) is 0 Å². The smallest absolute Gasteiger partial charge is 0.327 e. The van der Waals surface area contributed by atoms with Crippen molar-refractivity contribution in [1.82, 2.24) is 10.2 Å². The first kappa shape index (κ1) is 15.0. The molecule has 3 aliphatic rings. The summed E-state index contributed by atoms with van der Waals surface area (Å²) < 4.78 is 0. The van der Waals surface area contributed by atoms with Gasteiger partial charge in [-0.1, -0.05) is 19.8 Å².